The summed E-state index contributed by atoms with van der Waals surface area (Å²) in [5.41, 5.74) is 1.92. The topological polar surface area (TPSA) is 121 Å². The Hall–Kier alpha value is -2.65. The maximum absolute atomic E-state index is 13.0. The van der Waals surface area contributed by atoms with Crippen LogP contribution in [0.1, 0.15) is 35.6 Å². The van der Waals surface area contributed by atoms with Crippen LogP contribution < -0.4 is 15.4 Å². The molecule has 9 heteroatoms. The molecule has 2 amide bonds. The van der Waals surface area contributed by atoms with Crippen molar-refractivity contribution in [3.8, 4) is 11.5 Å². The third kappa shape index (κ3) is 3.92. The number of nitrogens with zero attached hydrogens (tertiary/aromatic N) is 1. The number of aliphatic hydroxyl groups is 1. The van der Waals surface area contributed by atoms with E-state index in [0.29, 0.717) is 29.3 Å². The van der Waals surface area contributed by atoms with Gasteiger partial charge in [0.2, 0.25) is 0 Å². The molecule has 156 valence electrons. The highest BCUT2D eigenvalue weighted by Crippen LogP contribution is 2.43. The van der Waals surface area contributed by atoms with E-state index in [1.54, 1.807) is 25.4 Å². The second-order valence-corrected chi connectivity index (χ2v) is 8.29. The monoisotopic (exact) mass is 419 g/mol. The predicted molar refractivity (Wildman–Crippen MR) is 109 cm³/mol. The van der Waals surface area contributed by atoms with Gasteiger partial charge in [-0.25, -0.2) is 4.98 Å². The van der Waals surface area contributed by atoms with Crippen molar-refractivity contribution >= 4 is 28.3 Å². The van der Waals surface area contributed by atoms with E-state index in [1.165, 1.54) is 11.3 Å². The number of carbonyl (C=O) groups excluding carboxylic acids is 2. The lowest BCUT2D eigenvalue weighted by Gasteiger charge is -2.37. The van der Waals surface area contributed by atoms with E-state index in [-0.39, 0.29) is 5.75 Å². The van der Waals surface area contributed by atoms with E-state index in [0.717, 1.165) is 16.7 Å². The van der Waals surface area contributed by atoms with E-state index in [1.807, 2.05) is 13.8 Å². The Labute approximate surface area is 172 Å². The molecule has 2 atom stereocenters. The molecule has 3 rings (SSSR count). The van der Waals surface area contributed by atoms with Crippen molar-refractivity contribution in [2.45, 2.75) is 52.2 Å². The number of ether oxygens (including phenoxy) is 1. The Bertz CT molecular complexity index is 944. The van der Waals surface area contributed by atoms with Crippen LogP contribution in [0.4, 0.5) is 5.13 Å². The van der Waals surface area contributed by atoms with Crippen molar-refractivity contribution < 1.29 is 24.5 Å². The van der Waals surface area contributed by atoms with Crippen LogP contribution in [0, 0.1) is 20.8 Å². The van der Waals surface area contributed by atoms with Crippen molar-refractivity contribution in [3.63, 3.8) is 0 Å². The first-order valence-corrected chi connectivity index (χ1v) is 10.2. The molecule has 1 aliphatic heterocycles. The average Bonchev–Trinajstić information content (AvgIpc) is 3.21. The molecule has 1 aliphatic rings. The molecule has 0 bridgehead atoms. The average molecular weight is 420 g/mol. The lowest BCUT2D eigenvalue weighted by Crippen LogP contribution is -2.56. The van der Waals surface area contributed by atoms with Gasteiger partial charge in [-0.2, -0.15) is 0 Å². The summed E-state index contributed by atoms with van der Waals surface area (Å²) < 4.78 is 6.11. The Morgan fingerprint density at radius 2 is 2.03 bits per heavy atom. The van der Waals surface area contributed by atoms with Crippen molar-refractivity contribution in [2.24, 2.45) is 0 Å². The molecule has 4 N–H and O–H groups in total. The van der Waals surface area contributed by atoms with Crippen LogP contribution in [0.25, 0.3) is 0 Å². The van der Waals surface area contributed by atoms with E-state index >= 15 is 0 Å². The SMILES string of the molecule is Cc1c(C)c2c(c(C)c1O)CCC(C)(C(=O)N[C@@H](CO)C(=O)Nc1nccs1)O2. The minimum absolute atomic E-state index is 0.247. The number of aromatic hydroxyl groups is 1. The molecule has 1 aromatic heterocycles. The van der Waals surface area contributed by atoms with Gasteiger partial charge >= 0.3 is 0 Å². The van der Waals surface area contributed by atoms with Crippen molar-refractivity contribution in [2.75, 3.05) is 11.9 Å². The minimum atomic E-state index is -1.21. The zero-order valence-corrected chi connectivity index (χ0v) is 17.6. The first kappa shape index (κ1) is 21.1. The molecule has 0 fully saturated rings. The molecule has 1 unspecified atom stereocenters. The molecular weight excluding hydrogens is 394 g/mol. The highest BCUT2D eigenvalue weighted by atomic mass is 32.1. The maximum atomic E-state index is 13.0. The van der Waals surface area contributed by atoms with E-state index in [2.05, 4.69) is 15.6 Å². The van der Waals surface area contributed by atoms with Crippen LogP contribution in [0.15, 0.2) is 11.6 Å². The molecule has 8 nitrogen and oxygen atoms in total. The second-order valence-electron chi connectivity index (χ2n) is 7.40. The van der Waals surface area contributed by atoms with Gasteiger partial charge in [0.05, 0.1) is 6.61 Å². The number of thiazole rings is 1. The fourth-order valence-corrected chi connectivity index (χ4v) is 3.92. The number of nitrogens with one attached hydrogen (secondary N) is 2. The Kier molecular flexibility index (Phi) is 5.81. The number of amides is 2. The lowest BCUT2D eigenvalue weighted by atomic mass is 9.86. The van der Waals surface area contributed by atoms with Gasteiger partial charge in [-0.15, -0.1) is 11.3 Å². The van der Waals surface area contributed by atoms with Crippen LogP contribution in [-0.2, 0) is 16.0 Å². The smallest absolute Gasteiger partial charge is 0.264 e. The number of benzene rings is 1. The van der Waals surface area contributed by atoms with E-state index in [4.69, 9.17) is 4.74 Å². The molecule has 2 heterocycles. The predicted octanol–water partition coefficient (Wildman–Crippen LogP) is 1.97. The molecule has 0 spiro atoms. The summed E-state index contributed by atoms with van der Waals surface area (Å²) in [4.78, 5) is 29.3. The summed E-state index contributed by atoms with van der Waals surface area (Å²) in [6.07, 6.45) is 2.47. The van der Waals surface area contributed by atoms with Crippen molar-refractivity contribution in [1.82, 2.24) is 10.3 Å². The number of hydrogen-bond acceptors (Lipinski definition) is 7. The molecular formula is C20H25N3O5S. The third-order valence-corrected chi connectivity index (χ3v) is 6.16. The third-order valence-electron chi connectivity index (χ3n) is 5.47. The number of phenols is 1. The largest absolute Gasteiger partial charge is 0.507 e. The van der Waals surface area contributed by atoms with E-state index < -0.39 is 30.1 Å². The second kappa shape index (κ2) is 8.00. The summed E-state index contributed by atoms with van der Waals surface area (Å²) in [5, 5.41) is 27.1. The Morgan fingerprint density at radius 3 is 2.66 bits per heavy atom. The summed E-state index contributed by atoms with van der Waals surface area (Å²) in [6.45, 7) is 6.58. The van der Waals surface area contributed by atoms with Gasteiger partial charge in [-0.1, -0.05) is 0 Å². The van der Waals surface area contributed by atoms with Gasteiger partial charge in [0.15, 0.2) is 10.7 Å². The van der Waals surface area contributed by atoms with Gasteiger partial charge in [0.25, 0.3) is 11.8 Å². The summed E-state index contributed by atoms with van der Waals surface area (Å²) in [5.74, 6) is -0.200. The molecule has 29 heavy (non-hydrogen) atoms. The van der Waals surface area contributed by atoms with Gasteiger partial charge in [0.1, 0.15) is 17.5 Å². The number of fused-ring (bicyclic) bond motifs is 1. The first-order valence-electron chi connectivity index (χ1n) is 9.30. The Balaban J connectivity index is 1.78. The van der Waals surface area contributed by atoms with Gasteiger partial charge in [0, 0.05) is 23.6 Å². The molecule has 0 aliphatic carbocycles. The van der Waals surface area contributed by atoms with Gasteiger partial charge in [-0.05, 0) is 50.8 Å². The van der Waals surface area contributed by atoms with Gasteiger partial charge < -0.3 is 25.6 Å². The summed E-state index contributed by atoms with van der Waals surface area (Å²) in [6, 6.07) is -1.13. The standard InChI is InChI=1S/C20H25N3O5S/c1-10-11(2)16-13(12(3)15(10)25)5-6-20(4,28-16)18(27)22-14(9-24)17(26)23-19-21-7-8-29-19/h7-8,14,24-25H,5-6,9H2,1-4H3,(H,22,27)(H,21,23,26)/t14-,20?/m0/s1. The summed E-state index contributed by atoms with van der Waals surface area (Å²) in [7, 11) is 0. The zero-order chi connectivity index (χ0) is 21.3. The molecule has 0 radical (unpaired) electrons. The highest BCUT2D eigenvalue weighted by molar-refractivity contribution is 7.13. The minimum Gasteiger partial charge on any atom is -0.507 e. The van der Waals surface area contributed by atoms with Crippen LogP contribution in [0.5, 0.6) is 11.5 Å². The summed E-state index contributed by atoms with van der Waals surface area (Å²) >= 11 is 1.24. The van der Waals surface area contributed by atoms with Crippen LogP contribution in [0.2, 0.25) is 0 Å². The normalized spacial score (nSPS) is 19.1. The van der Waals surface area contributed by atoms with E-state index in [9.17, 15) is 19.8 Å². The molecule has 1 aromatic carbocycles. The van der Waals surface area contributed by atoms with Crippen LogP contribution in [0.3, 0.4) is 0 Å². The number of aliphatic hydroxyl groups excluding tert-OH is 1. The number of phenolic OH excluding ortho intramolecular Hbond substituents is 1. The fourth-order valence-electron chi connectivity index (χ4n) is 3.39. The number of anilines is 1. The number of hydrogen-bond donors (Lipinski definition) is 4. The van der Waals surface area contributed by atoms with Gasteiger partial charge in [-0.3, -0.25) is 9.59 Å². The number of aromatic nitrogens is 1. The van der Waals surface area contributed by atoms with Crippen LogP contribution >= 0.6 is 11.3 Å². The highest BCUT2D eigenvalue weighted by Gasteiger charge is 2.42. The van der Waals surface area contributed by atoms with Crippen molar-refractivity contribution in [1.29, 1.82) is 0 Å². The maximum Gasteiger partial charge on any atom is 0.264 e. The van der Waals surface area contributed by atoms with Crippen molar-refractivity contribution in [3.05, 3.63) is 33.8 Å². The molecule has 0 saturated heterocycles. The Morgan fingerprint density at radius 1 is 1.31 bits per heavy atom. The number of carbonyl (C=O) groups is 2. The molecule has 0 saturated carbocycles. The zero-order valence-electron chi connectivity index (χ0n) is 16.8. The van der Waals surface area contributed by atoms with Crippen LogP contribution in [-0.4, -0.2) is 45.3 Å². The number of rotatable bonds is 5. The quantitative estimate of drug-likeness (QED) is 0.588. The fraction of sp³-hybridized carbons (Fsp3) is 0.450. The first-order chi connectivity index (χ1) is 13.7. The molecule has 2 aromatic rings. The lowest BCUT2D eigenvalue weighted by molar-refractivity contribution is -0.140.